The second-order valence-corrected chi connectivity index (χ2v) is 7.49. The Hall–Kier alpha value is -2.80. The molecule has 2 aromatic heterocycles. The zero-order chi connectivity index (χ0) is 22.7. The number of ether oxygens (including phenoxy) is 1. The molecule has 1 fully saturated rings. The van der Waals surface area contributed by atoms with E-state index in [1.807, 2.05) is 0 Å². The third-order valence-corrected chi connectivity index (χ3v) is 5.46. The van der Waals surface area contributed by atoms with Gasteiger partial charge in [-0.3, -0.25) is 0 Å². The van der Waals surface area contributed by atoms with Gasteiger partial charge in [0, 0.05) is 6.20 Å². The van der Waals surface area contributed by atoms with Crippen molar-refractivity contribution in [3.63, 3.8) is 0 Å². The number of aliphatic hydroxyl groups excluding tert-OH is 2. The van der Waals surface area contributed by atoms with Gasteiger partial charge in [-0.2, -0.15) is 13.2 Å². The Morgan fingerprint density at radius 3 is 2.29 bits per heavy atom. The third-order valence-electron chi connectivity index (χ3n) is 5.46. The molecule has 1 saturated heterocycles. The Balaban J connectivity index is 1.68. The summed E-state index contributed by atoms with van der Waals surface area (Å²) in [5, 5.41) is 31.9. The summed E-state index contributed by atoms with van der Waals surface area (Å²) in [7, 11) is 0. The van der Waals surface area contributed by atoms with Crippen LogP contribution < -0.4 is 5.73 Å². The molecule has 1 aliphatic heterocycles. The van der Waals surface area contributed by atoms with E-state index in [1.165, 1.54) is 6.92 Å². The van der Waals surface area contributed by atoms with Crippen molar-refractivity contribution in [3.8, 4) is 0 Å². The van der Waals surface area contributed by atoms with Crippen molar-refractivity contribution in [2.45, 2.75) is 43.2 Å². The first-order valence-electron chi connectivity index (χ1n) is 9.11. The van der Waals surface area contributed by atoms with Gasteiger partial charge in [0.1, 0.15) is 36.1 Å². The number of fused-ring (bicyclic) bond motifs is 1. The van der Waals surface area contributed by atoms with Crippen LogP contribution in [0, 0.1) is 5.82 Å². The summed E-state index contributed by atoms with van der Waals surface area (Å²) >= 11 is 0. The van der Waals surface area contributed by atoms with Gasteiger partial charge in [0.2, 0.25) is 0 Å². The summed E-state index contributed by atoms with van der Waals surface area (Å²) in [4.78, 5) is 7.64. The molecule has 31 heavy (non-hydrogen) atoms. The van der Waals surface area contributed by atoms with Crippen LogP contribution in [0.15, 0.2) is 36.8 Å². The molecule has 5 N–H and O–H groups in total. The monoisotopic (exact) mass is 442 g/mol. The molecule has 4 rings (SSSR count). The predicted molar refractivity (Wildman–Crippen MR) is 98.8 cm³/mol. The van der Waals surface area contributed by atoms with Gasteiger partial charge >= 0.3 is 6.18 Å². The highest BCUT2D eigenvalue weighted by atomic mass is 19.4. The fourth-order valence-electron chi connectivity index (χ4n) is 3.77. The average molecular weight is 442 g/mol. The molecular formula is C19H18F4N4O4. The van der Waals surface area contributed by atoms with Crippen LogP contribution in [0.2, 0.25) is 0 Å². The van der Waals surface area contributed by atoms with Crippen molar-refractivity contribution in [1.29, 1.82) is 0 Å². The van der Waals surface area contributed by atoms with Gasteiger partial charge in [0.05, 0.1) is 10.9 Å². The number of anilines is 1. The van der Waals surface area contributed by atoms with E-state index in [0.29, 0.717) is 0 Å². The fourth-order valence-corrected chi connectivity index (χ4v) is 3.77. The molecule has 0 spiro atoms. The summed E-state index contributed by atoms with van der Waals surface area (Å²) in [5.41, 5.74) is 2.78. The Morgan fingerprint density at radius 1 is 1.06 bits per heavy atom. The van der Waals surface area contributed by atoms with Gasteiger partial charge in [-0.25, -0.2) is 14.4 Å². The fraction of sp³-hybridized carbons (Fsp3) is 0.368. The Kier molecular flexibility index (Phi) is 4.92. The molecule has 3 heterocycles. The number of halogens is 4. The summed E-state index contributed by atoms with van der Waals surface area (Å²) in [6.07, 6.45) is -8.59. The van der Waals surface area contributed by atoms with Crippen molar-refractivity contribution in [3.05, 3.63) is 53.7 Å². The number of aliphatic hydroxyl groups is 3. The molecule has 0 saturated carbocycles. The maximum absolute atomic E-state index is 14.4. The van der Waals surface area contributed by atoms with Gasteiger partial charge in [0.15, 0.2) is 17.7 Å². The lowest BCUT2D eigenvalue weighted by Crippen LogP contribution is -2.45. The van der Waals surface area contributed by atoms with Crippen LogP contribution in [-0.2, 0) is 16.5 Å². The second kappa shape index (κ2) is 7.12. The first kappa shape index (κ1) is 21.4. The van der Waals surface area contributed by atoms with E-state index in [4.69, 9.17) is 10.5 Å². The van der Waals surface area contributed by atoms with E-state index in [0.717, 1.165) is 41.4 Å². The zero-order valence-corrected chi connectivity index (χ0v) is 16.0. The van der Waals surface area contributed by atoms with Crippen LogP contribution in [-0.4, -0.2) is 48.2 Å². The molecule has 0 aliphatic carbocycles. The number of benzene rings is 1. The van der Waals surface area contributed by atoms with Crippen LogP contribution in [0.1, 0.15) is 24.3 Å². The molecule has 1 unspecified atom stereocenters. The van der Waals surface area contributed by atoms with Crippen molar-refractivity contribution in [1.82, 2.24) is 14.5 Å². The van der Waals surface area contributed by atoms with Crippen molar-refractivity contribution < 1.29 is 37.6 Å². The SMILES string of the molecule is CC(O)(c1ccc(C(F)(F)F)cc1)[C@H]1O[C@@H](n2cc(F)c3c(N)ncnc32)[C@H](O)[C@@H]1O. The van der Waals surface area contributed by atoms with Crippen molar-refractivity contribution >= 4 is 16.9 Å². The van der Waals surface area contributed by atoms with Crippen molar-refractivity contribution in [2.75, 3.05) is 5.73 Å². The van der Waals surface area contributed by atoms with E-state index < -0.39 is 47.7 Å². The molecule has 0 amide bonds. The molecule has 8 nitrogen and oxygen atoms in total. The summed E-state index contributed by atoms with van der Waals surface area (Å²) < 4.78 is 59.6. The quantitative estimate of drug-likeness (QED) is 0.455. The molecule has 12 heteroatoms. The lowest BCUT2D eigenvalue weighted by molar-refractivity contribution is -0.139. The van der Waals surface area contributed by atoms with Crippen LogP contribution in [0.4, 0.5) is 23.4 Å². The smallest absolute Gasteiger partial charge is 0.387 e. The van der Waals surface area contributed by atoms with Gasteiger partial charge in [-0.15, -0.1) is 0 Å². The highest BCUT2D eigenvalue weighted by Crippen LogP contribution is 2.41. The Bertz CT molecular complexity index is 1120. The molecule has 3 aromatic rings. The molecule has 0 radical (unpaired) electrons. The maximum Gasteiger partial charge on any atom is 0.416 e. The van der Waals surface area contributed by atoms with Gasteiger partial charge in [-0.1, -0.05) is 12.1 Å². The lowest BCUT2D eigenvalue weighted by Gasteiger charge is -2.32. The maximum atomic E-state index is 14.4. The second-order valence-electron chi connectivity index (χ2n) is 7.49. The zero-order valence-electron chi connectivity index (χ0n) is 16.0. The normalized spacial score (nSPS) is 26.3. The standard InChI is InChI=1S/C19H18F4N4O4/c1-18(30,8-2-4-9(5-3-8)19(21,22)23)14-12(28)13(29)17(31-14)27-6-10(20)11-15(24)25-7-26-16(11)27/h2-7,12-14,17,28-30H,1H3,(H2,24,25,26)/t12-,13+,14-,17+,18?/m0/s1. The average Bonchev–Trinajstić information content (AvgIpc) is 3.19. The van der Waals surface area contributed by atoms with E-state index in [1.54, 1.807) is 0 Å². The minimum atomic E-state index is -4.56. The summed E-state index contributed by atoms with van der Waals surface area (Å²) in [5.74, 6) is -0.918. The topological polar surface area (TPSA) is 127 Å². The largest absolute Gasteiger partial charge is 0.416 e. The molecular weight excluding hydrogens is 424 g/mol. The number of hydrogen-bond acceptors (Lipinski definition) is 7. The lowest BCUT2D eigenvalue weighted by atomic mass is 9.86. The van der Waals surface area contributed by atoms with E-state index >= 15 is 0 Å². The van der Waals surface area contributed by atoms with Gasteiger partial charge in [0.25, 0.3) is 0 Å². The predicted octanol–water partition coefficient (Wildman–Crippen LogP) is 1.70. The molecule has 1 aromatic carbocycles. The third kappa shape index (κ3) is 3.41. The number of rotatable bonds is 3. The van der Waals surface area contributed by atoms with E-state index in [9.17, 15) is 32.9 Å². The number of nitrogen functional groups attached to an aromatic ring is 1. The number of nitrogens with zero attached hydrogens (tertiary/aromatic N) is 3. The van der Waals surface area contributed by atoms with Crippen LogP contribution in [0.25, 0.3) is 11.0 Å². The highest BCUT2D eigenvalue weighted by molar-refractivity contribution is 5.86. The summed E-state index contributed by atoms with van der Waals surface area (Å²) in [6.45, 7) is 1.23. The minimum Gasteiger partial charge on any atom is -0.387 e. The van der Waals surface area contributed by atoms with Crippen LogP contribution in [0.5, 0.6) is 0 Å². The van der Waals surface area contributed by atoms with Crippen molar-refractivity contribution in [2.24, 2.45) is 0 Å². The summed E-state index contributed by atoms with van der Waals surface area (Å²) in [6, 6.07) is 3.68. The molecule has 5 atom stereocenters. The number of aromatic nitrogens is 3. The number of alkyl halides is 3. The molecule has 1 aliphatic rings. The van der Waals surface area contributed by atoms with E-state index in [-0.39, 0.29) is 22.4 Å². The molecule has 166 valence electrons. The minimum absolute atomic E-state index is 0.00364. The molecule has 0 bridgehead atoms. The Labute approximate surface area is 172 Å². The van der Waals surface area contributed by atoms with Crippen LogP contribution >= 0.6 is 0 Å². The van der Waals surface area contributed by atoms with Crippen LogP contribution in [0.3, 0.4) is 0 Å². The van der Waals surface area contributed by atoms with E-state index in [2.05, 4.69) is 9.97 Å². The highest BCUT2D eigenvalue weighted by Gasteiger charge is 2.52. The number of nitrogens with two attached hydrogens (primary N) is 1. The Morgan fingerprint density at radius 2 is 1.68 bits per heavy atom. The number of hydrogen-bond donors (Lipinski definition) is 4. The first-order chi connectivity index (χ1) is 14.4. The first-order valence-corrected chi connectivity index (χ1v) is 9.11. The van der Waals surface area contributed by atoms with Gasteiger partial charge < -0.3 is 30.4 Å². The van der Waals surface area contributed by atoms with Gasteiger partial charge in [-0.05, 0) is 24.6 Å².